The highest BCUT2D eigenvalue weighted by atomic mass is 127. The third kappa shape index (κ3) is 2.96. The molecule has 1 aromatic rings. The monoisotopic (exact) mass is 331 g/mol. The molecule has 16 heavy (non-hydrogen) atoms. The van der Waals surface area contributed by atoms with Crippen LogP contribution >= 0.6 is 22.6 Å². The fraction of sp³-hybridized carbons (Fsp3) is 0.538. The van der Waals surface area contributed by atoms with E-state index >= 15 is 0 Å². The average Bonchev–Trinajstić information content (AvgIpc) is 2.71. The third-order valence-electron chi connectivity index (χ3n) is 3.23. The van der Waals surface area contributed by atoms with Crippen molar-refractivity contribution in [1.29, 1.82) is 0 Å². The van der Waals surface area contributed by atoms with Gasteiger partial charge in [0.1, 0.15) is 0 Å². The SMILES string of the molecule is CNCC1(Cc2ccc(I)cc2)CCOC1. The molecular formula is C13H18INO. The predicted molar refractivity (Wildman–Crippen MR) is 74.7 cm³/mol. The number of ether oxygens (including phenoxy) is 1. The highest BCUT2D eigenvalue weighted by Crippen LogP contribution is 2.32. The van der Waals surface area contributed by atoms with E-state index in [1.807, 2.05) is 7.05 Å². The Balaban J connectivity index is 2.08. The fourth-order valence-electron chi connectivity index (χ4n) is 2.40. The maximum absolute atomic E-state index is 5.57. The Hall–Kier alpha value is -0.130. The summed E-state index contributed by atoms with van der Waals surface area (Å²) in [5.74, 6) is 0. The van der Waals surface area contributed by atoms with E-state index in [0.29, 0.717) is 5.41 Å². The van der Waals surface area contributed by atoms with Crippen LogP contribution in [-0.2, 0) is 11.2 Å². The Morgan fingerprint density at radius 3 is 2.69 bits per heavy atom. The summed E-state index contributed by atoms with van der Waals surface area (Å²) in [4.78, 5) is 0. The second-order valence-electron chi connectivity index (χ2n) is 4.64. The van der Waals surface area contributed by atoms with Gasteiger partial charge in [-0.2, -0.15) is 0 Å². The Bertz CT molecular complexity index is 330. The molecule has 0 spiro atoms. The zero-order valence-electron chi connectivity index (χ0n) is 9.63. The summed E-state index contributed by atoms with van der Waals surface area (Å²) in [6.07, 6.45) is 2.28. The van der Waals surface area contributed by atoms with Crippen molar-refractivity contribution in [3.63, 3.8) is 0 Å². The van der Waals surface area contributed by atoms with Gasteiger partial charge in [0.05, 0.1) is 6.61 Å². The van der Waals surface area contributed by atoms with Crippen LogP contribution in [0.2, 0.25) is 0 Å². The third-order valence-corrected chi connectivity index (χ3v) is 3.95. The molecule has 1 aliphatic heterocycles. The van der Waals surface area contributed by atoms with Crippen LogP contribution in [0.25, 0.3) is 0 Å². The number of benzene rings is 1. The first-order valence-corrected chi connectivity index (χ1v) is 6.79. The summed E-state index contributed by atoms with van der Waals surface area (Å²) < 4.78 is 6.87. The summed E-state index contributed by atoms with van der Waals surface area (Å²) in [5, 5.41) is 3.30. The second-order valence-corrected chi connectivity index (χ2v) is 5.88. The molecule has 0 amide bonds. The van der Waals surface area contributed by atoms with Gasteiger partial charge in [0.15, 0.2) is 0 Å². The van der Waals surface area contributed by atoms with Crippen molar-refractivity contribution in [1.82, 2.24) is 5.32 Å². The topological polar surface area (TPSA) is 21.3 Å². The molecular weight excluding hydrogens is 313 g/mol. The molecule has 1 heterocycles. The molecule has 88 valence electrons. The molecule has 1 atom stereocenters. The molecule has 2 rings (SSSR count). The van der Waals surface area contributed by atoms with E-state index in [1.54, 1.807) is 0 Å². The van der Waals surface area contributed by atoms with Crippen LogP contribution < -0.4 is 5.32 Å². The molecule has 2 nitrogen and oxygen atoms in total. The van der Waals surface area contributed by atoms with E-state index in [4.69, 9.17) is 4.74 Å². The van der Waals surface area contributed by atoms with Crippen molar-refractivity contribution in [2.45, 2.75) is 12.8 Å². The number of rotatable bonds is 4. The normalized spacial score (nSPS) is 24.9. The van der Waals surface area contributed by atoms with Gasteiger partial charge in [-0.3, -0.25) is 0 Å². The Morgan fingerprint density at radius 2 is 2.12 bits per heavy atom. The molecule has 0 bridgehead atoms. The van der Waals surface area contributed by atoms with E-state index in [0.717, 1.165) is 26.2 Å². The highest BCUT2D eigenvalue weighted by molar-refractivity contribution is 14.1. The lowest BCUT2D eigenvalue weighted by atomic mass is 9.81. The molecule has 3 heteroatoms. The Morgan fingerprint density at radius 1 is 1.38 bits per heavy atom. The van der Waals surface area contributed by atoms with Gasteiger partial charge in [0.25, 0.3) is 0 Å². The number of hydrogen-bond acceptors (Lipinski definition) is 2. The molecule has 0 aromatic heterocycles. The molecule has 1 N–H and O–H groups in total. The van der Waals surface area contributed by atoms with Crippen LogP contribution in [0.3, 0.4) is 0 Å². The minimum atomic E-state index is 0.307. The summed E-state index contributed by atoms with van der Waals surface area (Å²) in [6.45, 7) is 2.84. The van der Waals surface area contributed by atoms with Crippen molar-refractivity contribution in [2.75, 3.05) is 26.8 Å². The molecule has 1 aromatic carbocycles. The van der Waals surface area contributed by atoms with Crippen LogP contribution in [0.1, 0.15) is 12.0 Å². The zero-order chi connectivity index (χ0) is 11.4. The highest BCUT2D eigenvalue weighted by Gasteiger charge is 2.34. The average molecular weight is 331 g/mol. The molecule has 1 aliphatic rings. The van der Waals surface area contributed by atoms with Crippen molar-refractivity contribution in [3.8, 4) is 0 Å². The van der Waals surface area contributed by atoms with Crippen LogP contribution in [0, 0.1) is 8.99 Å². The second kappa shape index (κ2) is 5.47. The molecule has 0 radical (unpaired) electrons. The molecule has 0 saturated carbocycles. The lowest BCUT2D eigenvalue weighted by Gasteiger charge is -2.27. The van der Waals surface area contributed by atoms with E-state index in [1.165, 1.54) is 15.6 Å². The van der Waals surface area contributed by atoms with Gasteiger partial charge in [-0.1, -0.05) is 12.1 Å². The zero-order valence-corrected chi connectivity index (χ0v) is 11.8. The standard InChI is InChI=1S/C13H18INO/c1-15-9-13(6-7-16-10-13)8-11-2-4-12(14)5-3-11/h2-5,15H,6-10H2,1H3. The minimum Gasteiger partial charge on any atom is -0.381 e. The summed E-state index contributed by atoms with van der Waals surface area (Å²) in [5.41, 5.74) is 1.72. The molecule has 0 aliphatic carbocycles. The Kier molecular flexibility index (Phi) is 4.21. The van der Waals surface area contributed by atoms with Crippen LogP contribution in [0.15, 0.2) is 24.3 Å². The van der Waals surface area contributed by atoms with Crippen molar-refractivity contribution < 1.29 is 4.74 Å². The van der Waals surface area contributed by atoms with Gasteiger partial charge >= 0.3 is 0 Å². The number of halogens is 1. The summed E-state index contributed by atoms with van der Waals surface area (Å²) >= 11 is 2.34. The predicted octanol–water partition coefficient (Wildman–Crippen LogP) is 2.46. The lowest BCUT2D eigenvalue weighted by molar-refractivity contribution is 0.150. The maximum atomic E-state index is 5.57. The molecule has 1 unspecified atom stereocenters. The van der Waals surface area contributed by atoms with Gasteiger partial charge in [0.2, 0.25) is 0 Å². The van der Waals surface area contributed by atoms with E-state index in [9.17, 15) is 0 Å². The largest absolute Gasteiger partial charge is 0.381 e. The lowest BCUT2D eigenvalue weighted by Crippen LogP contribution is -2.35. The molecule has 1 saturated heterocycles. The van der Waals surface area contributed by atoms with E-state index < -0.39 is 0 Å². The van der Waals surface area contributed by atoms with Crippen LogP contribution in [0.5, 0.6) is 0 Å². The van der Waals surface area contributed by atoms with E-state index in [-0.39, 0.29) is 0 Å². The number of hydrogen-bond donors (Lipinski definition) is 1. The quantitative estimate of drug-likeness (QED) is 0.856. The van der Waals surface area contributed by atoms with Gasteiger partial charge < -0.3 is 10.1 Å². The minimum absolute atomic E-state index is 0.307. The van der Waals surface area contributed by atoms with E-state index in [2.05, 4.69) is 52.2 Å². The van der Waals surface area contributed by atoms with Gasteiger partial charge in [-0.15, -0.1) is 0 Å². The number of nitrogens with one attached hydrogen (secondary N) is 1. The molecule has 1 fully saturated rings. The van der Waals surface area contributed by atoms with Gasteiger partial charge in [-0.25, -0.2) is 0 Å². The maximum Gasteiger partial charge on any atom is 0.0538 e. The van der Waals surface area contributed by atoms with Crippen molar-refractivity contribution >= 4 is 22.6 Å². The Labute approximate surface area is 111 Å². The van der Waals surface area contributed by atoms with Gasteiger partial charge in [-0.05, 0) is 60.2 Å². The first kappa shape index (κ1) is 12.3. The van der Waals surface area contributed by atoms with Crippen molar-refractivity contribution in [2.24, 2.45) is 5.41 Å². The first-order valence-electron chi connectivity index (χ1n) is 5.71. The smallest absolute Gasteiger partial charge is 0.0538 e. The van der Waals surface area contributed by atoms with Crippen LogP contribution in [0.4, 0.5) is 0 Å². The first-order chi connectivity index (χ1) is 7.74. The summed E-state index contributed by atoms with van der Waals surface area (Å²) in [6, 6.07) is 8.83. The van der Waals surface area contributed by atoms with Gasteiger partial charge in [0, 0.05) is 22.1 Å². The summed E-state index contributed by atoms with van der Waals surface area (Å²) in [7, 11) is 2.02. The van der Waals surface area contributed by atoms with Crippen molar-refractivity contribution in [3.05, 3.63) is 33.4 Å². The fourth-order valence-corrected chi connectivity index (χ4v) is 2.76. The van der Waals surface area contributed by atoms with Crippen LogP contribution in [-0.4, -0.2) is 26.8 Å².